The molecular formula is C19H20N4O2. The molecule has 0 aliphatic rings. The monoisotopic (exact) mass is 336 g/mol. The van der Waals surface area contributed by atoms with E-state index in [0.717, 1.165) is 5.56 Å². The average molecular weight is 336 g/mol. The molecule has 0 unspecified atom stereocenters. The fourth-order valence-corrected chi connectivity index (χ4v) is 2.55. The lowest BCUT2D eigenvalue weighted by atomic mass is 10.2. The number of amides is 2. The van der Waals surface area contributed by atoms with Gasteiger partial charge in [0.2, 0.25) is 5.82 Å². The molecule has 25 heavy (non-hydrogen) atoms. The second-order valence-corrected chi connectivity index (χ2v) is 6.04. The summed E-state index contributed by atoms with van der Waals surface area (Å²) < 4.78 is 1.63. The lowest BCUT2D eigenvalue weighted by molar-refractivity contribution is 0.0932. The van der Waals surface area contributed by atoms with Crippen LogP contribution in [0.1, 0.15) is 40.5 Å². The first kappa shape index (κ1) is 16.7. The molecule has 0 aliphatic carbocycles. The Hall–Kier alpha value is -3.15. The Morgan fingerprint density at radius 3 is 2.48 bits per heavy atom. The molecule has 2 N–H and O–H groups in total. The van der Waals surface area contributed by atoms with Crippen LogP contribution in [0.25, 0.3) is 5.52 Å². The van der Waals surface area contributed by atoms with E-state index in [1.165, 1.54) is 0 Å². The minimum Gasteiger partial charge on any atom is -0.347 e. The van der Waals surface area contributed by atoms with Crippen LogP contribution < -0.4 is 10.6 Å². The Kier molecular flexibility index (Phi) is 4.79. The van der Waals surface area contributed by atoms with Crippen molar-refractivity contribution >= 4 is 17.3 Å². The van der Waals surface area contributed by atoms with Crippen molar-refractivity contribution in [3.8, 4) is 0 Å². The molecule has 3 aromatic rings. The molecule has 0 atom stereocenters. The summed E-state index contributed by atoms with van der Waals surface area (Å²) in [5, 5.41) is 5.66. The van der Waals surface area contributed by atoms with Gasteiger partial charge in [0.05, 0.1) is 5.52 Å². The maximum absolute atomic E-state index is 12.6. The number of fused-ring (bicyclic) bond motifs is 1. The maximum Gasteiger partial charge on any atom is 0.287 e. The lowest BCUT2D eigenvalue weighted by Crippen LogP contribution is -2.31. The van der Waals surface area contributed by atoms with Crippen LogP contribution in [0.2, 0.25) is 0 Å². The van der Waals surface area contributed by atoms with Gasteiger partial charge in [-0.3, -0.25) is 14.0 Å². The maximum atomic E-state index is 12.6. The van der Waals surface area contributed by atoms with Crippen LogP contribution in [0.4, 0.5) is 0 Å². The number of hydrogen-bond acceptors (Lipinski definition) is 3. The molecule has 0 fully saturated rings. The van der Waals surface area contributed by atoms with Crippen LogP contribution in [0.5, 0.6) is 0 Å². The SMILES string of the molecule is CC(C)NC(=O)c1nc(C(=O)NCc2ccccc2)c2ccccn12. The summed E-state index contributed by atoms with van der Waals surface area (Å²) in [6, 6.07) is 15.0. The topological polar surface area (TPSA) is 75.5 Å². The predicted octanol–water partition coefficient (Wildman–Crippen LogP) is 2.40. The fraction of sp³-hybridized carbons (Fsp3) is 0.211. The van der Waals surface area contributed by atoms with E-state index in [9.17, 15) is 9.59 Å². The smallest absolute Gasteiger partial charge is 0.287 e. The highest BCUT2D eigenvalue weighted by Gasteiger charge is 2.21. The predicted molar refractivity (Wildman–Crippen MR) is 95.4 cm³/mol. The third-order valence-electron chi connectivity index (χ3n) is 3.68. The Labute approximate surface area is 145 Å². The zero-order chi connectivity index (χ0) is 17.8. The molecular weight excluding hydrogens is 316 g/mol. The molecule has 3 rings (SSSR count). The zero-order valence-electron chi connectivity index (χ0n) is 14.2. The van der Waals surface area contributed by atoms with Crippen molar-refractivity contribution in [2.24, 2.45) is 0 Å². The van der Waals surface area contributed by atoms with Crippen molar-refractivity contribution in [1.29, 1.82) is 0 Å². The van der Waals surface area contributed by atoms with Gasteiger partial charge in [0, 0.05) is 18.8 Å². The van der Waals surface area contributed by atoms with E-state index in [1.54, 1.807) is 22.7 Å². The first-order valence-electron chi connectivity index (χ1n) is 8.16. The summed E-state index contributed by atoms with van der Waals surface area (Å²) >= 11 is 0. The number of imidazole rings is 1. The van der Waals surface area contributed by atoms with E-state index in [1.807, 2.05) is 50.2 Å². The minimum atomic E-state index is -0.309. The van der Waals surface area contributed by atoms with Crippen LogP contribution in [-0.2, 0) is 6.54 Å². The highest BCUT2D eigenvalue weighted by atomic mass is 16.2. The summed E-state index contributed by atoms with van der Waals surface area (Å²) in [6.45, 7) is 4.15. The van der Waals surface area contributed by atoms with E-state index >= 15 is 0 Å². The summed E-state index contributed by atoms with van der Waals surface area (Å²) in [5.74, 6) is -0.413. The summed E-state index contributed by atoms with van der Waals surface area (Å²) in [6.07, 6.45) is 1.73. The van der Waals surface area contributed by atoms with Crippen molar-refractivity contribution in [1.82, 2.24) is 20.0 Å². The fourth-order valence-electron chi connectivity index (χ4n) is 2.55. The lowest BCUT2D eigenvalue weighted by Gasteiger charge is -2.06. The van der Waals surface area contributed by atoms with Gasteiger partial charge in [0.25, 0.3) is 11.8 Å². The molecule has 2 amide bonds. The summed E-state index contributed by atoms with van der Waals surface area (Å²) in [5.41, 5.74) is 1.84. The number of nitrogens with one attached hydrogen (secondary N) is 2. The zero-order valence-corrected chi connectivity index (χ0v) is 14.2. The second kappa shape index (κ2) is 7.17. The van der Waals surface area contributed by atoms with Gasteiger partial charge in [-0.25, -0.2) is 4.98 Å². The Balaban J connectivity index is 1.88. The quantitative estimate of drug-likeness (QED) is 0.751. The molecule has 6 nitrogen and oxygen atoms in total. The van der Waals surface area contributed by atoms with Crippen LogP contribution in [0, 0.1) is 0 Å². The van der Waals surface area contributed by atoms with Crippen LogP contribution >= 0.6 is 0 Å². The van der Waals surface area contributed by atoms with Gasteiger partial charge in [-0.15, -0.1) is 0 Å². The van der Waals surface area contributed by atoms with Gasteiger partial charge in [0.1, 0.15) is 0 Å². The average Bonchev–Trinajstić information content (AvgIpc) is 3.00. The molecule has 0 spiro atoms. The number of carbonyl (C=O) groups excluding carboxylic acids is 2. The normalized spacial score (nSPS) is 10.8. The highest BCUT2D eigenvalue weighted by Crippen LogP contribution is 2.14. The number of pyridine rings is 1. The summed E-state index contributed by atoms with van der Waals surface area (Å²) in [7, 11) is 0. The first-order valence-corrected chi connectivity index (χ1v) is 8.16. The molecule has 0 radical (unpaired) electrons. The van der Waals surface area contributed by atoms with E-state index < -0.39 is 0 Å². The van der Waals surface area contributed by atoms with Gasteiger partial charge in [0.15, 0.2) is 5.69 Å². The largest absolute Gasteiger partial charge is 0.347 e. The standard InChI is InChI=1S/C19H20N4O2/c1-13(2)21-19(25)17-22-16(15-10-6-7-11-23(15)17)18(24)20-12-14-8-4-3-5-9-14/h3-11,13H,12H2,1-2H3,(H,20,24)(H,21,25). The molecule has 1 aromatic carbocycles. The van der Waals surface area contributed by atoms with Crippen LogP contribution in [0.3, 0.4) is 0 Å². The third-order valence-corrected chi connectivity index (χ3v) is 3.68. The molecule has 2 heterocycles. The van der Waals surface area contributed by atoms with Gasteiger partial charge in [-0.1, -0.05) is 36.4 Å². The van der Waals surface area contributed by atoms with Crippen molar-refractivity contribution < 1.29 is 9.59 Å². The number of aromatic nitrogens is 2. The number of rotatable bonds is 5. The van der Waals surface area contributed by atoms with Crippen LogP contribution in [-0.4, -0.2) is 27.2 Å². The van der Waals surface area contributed by atoms with Gasteiger partial charge in [-0.2, -0.15) is 0 Å². The van der Waals surface area contributed by atoms with E-state index in [2.05, 4.69) is 15.6 Å². The first-order chi connectivity index (χ1) is 12.1. The Morgan fingerprint density at radius 2 is 1.76 bits per heavy atom. The van der Waals surface area contributed by atoms with Crippen molar-refractivity contribution in [3.63, 3.8) is 0 Å². The Bertz CT molecular complexity index is 900. The molecule has 0 bridgehead atoms. The third kappa shape index (κ3) is 3.68. The van der Waals surface area contributed by atoms with Gasteiger partial charge >= 0.3 is 0 Å². The highest BCUT2D eigenvalue weighted by molar-refractivity contribution is 6.02. The van der Waals surface area contributed by atoms with E-state index in [0.29, 0.717) is 12.1 Å². The minimum absolute atomic E-state index is 0.0149. The van der Waals surface area contributed by atoms with E-state index in [-0.39, 0.29) is 29.4 Å². The number of nitrogens with zero attached hydrogens (tertiary/aromatic N) is 2. The molecule has 2 aromatic heterocycles. The summed E-state index contributed by atoms with van der Waals surface area (Å²) in [4.78, 5) is 29.2. The van der Waals surface area contributed by atoms with E-state index in [4.69, 9.17) is 0 Å². The molecule has 128 valence electrons. The molecule has 6 heteroatoms. The van der Waals surface area contributed by atoms with Gasteiger partial charge in [-0.05, 0) is 31.5 Å². The van der Waals surface area contributed by atoms with Crippen molar-refractivity contribution in [2.45, 2.75) is 26.4 Å². The number of benzene rings is 1. The molecule has 0 saturated heterocycles. The second-order valence-electron chi connectivity index (χ2n) is 6.04. The molecule has 0 aliphatic heterocycles. The van der Waals surface area contributed by atoms with Crippen molar-refractivity contribution in [3.05, 3.63) is 71.8 Å². The molecule has 0 saturated carbocycles. The van der Waals surface area contributed by atoms with Gasteiger partial charge < -0.3 is 10.6 Å². The number of carbonyl (C=O) groups is 2. The Morgan fingerprint density at radius 1 is 1.04 bits per heavy atom. The van der Waals surface area contributed by atoms with Crippen molar-refractivity contribution in [2.75, 3.05) is 0 Å². The number of hydrogen-bond donors (Lipinski definition) is 2. The van der Waals surface area contributed by atoms with Crippen LogP contribution in [0.15, 0.2) is 54.7 Å².